The van der Waals surface area contributed by atoms with Crippen LogP contribution in [0.4, 0.5) is 5.13 Å². The predicted molar refractivity (Wildman–Crippen MR) is 97.2 cm³/mol. The van der Waals surface area contributed by atoms with Gasteiger partial charge in [0.2, 0.25) is 5.91 Å². The number of Topliss-reactive ketones (excluding diaryl/α,β-unsaturated/α-hetero) is 1. The molecule has 0 atom stereocenters. The largest absolute Gasteiger partial charge is 0.497 e. The maximum Gasteiger partial charge on any atom is 0.240 e. The first-order valence-corrected chi connectivity index (χ1v) is 9.13. The second kappa shape index (κ2) is 8.22. The molecule has 6 nitrogen and oxygen atoms in total. The summed E-state index contributed by atoms with van der Waals surface area (Å²) in [6.45, 7) is 1.83. The van der Waals surface area contributed by atoms with Crippen LogP contribution in [-0.2, 0) is 4.79 Å². The van der Waals surface area contributed by atoms with Gasteiger partial charge in [-0.25, -0.2) is 4.98 Å². The van der Waals surface area contributed by atoms with E-state index in [2.05, 4.69) is 15.2 Å². The fraction of sp³-hybridized carbons (Fsp3) is 0.389. The Morgan fingerprint density at radius 1 is 1.28 bits per heavy atom. The van der Waals surface area contributed by atoms with Gasteiger partial charge in [-0.15, -0.1) is 11.3 Å². The van der Waals surface area contributed by atoms with Crippen molar-refractivity contribution in [1.29, 1.82) is 0 Å². The zero-order chi connectivity index (χ0) is 17.6. The summed E-state index contributed by atoms with van der Waals surface area (Å²) in [5, 5.41) is 5.23. The van der Waals surface area contributed by atoms with Gasteiger partial charge in [0, 0.05) is 23.1 Å². The second-order valence-corrected chi connectivity index (χ2v) is 6.92. The van der Waals surface area contributed by atoms with E-state index in [-0.39, 0.29) is 17.6 Å². The van der Waals surface area contributed by atoms with Crippen molar-refractivity contribution >= 4 is 28.2 Å². The number of ether oxygens (including phenoxy) is 1. The number of ketones is 1. The normalized spacial score (nSPS) is 15.7. The molecule has 1 aromatic carbocycles. The molecule has 0 unspecified atom stereocenters. The van der Waals surface area contributed by atoms with Crippen LogP contribution in [0, 0.1) is 5.92 Å². The van der Waals surface area contributed by atoms with Crippen LogP contribution in [-0.4, -0.2) is 48.3 Å². The molecule has 1 aliphatic rings. The van der Waals surface area contributed by atoms with Gasteiger partial charge in [0.1, 0.15) is 5.75 Å². The molecule has 132 valence electrons. The van der Waals surface area contributed by atoms with Crippen LogP contribution in [0.5, 0.6) is 5.75 Å². The van der Waals surface area contributed by atoms with Gasteiger partial charge in [-0.3, -0.25) is 14.5 Å². The molecule has 2 heterocycles. The van der Waals surface area contributed by atoms with Crippen LogP contribution >= 0.6 is 11.3 Å². The molecule has 1 aliphatic heterocycles. The number of thiazole rings is 1. The number of hydrogen-bond donors (Lipinski definition) is 1. The molecule has 1 amide bonds. The lowest BCUT2D eigenvalue weighted by molar-refractivity contribution is -0.117. The highest BCUT2D eigenvalue weighted by Gasteiger charge is 2.26. The van der Waals surface area contributed by atoms with Gasteiger partial charge in [-0.2, -0.15) is 0 Å². The fourth-order valence-corrected chi connectivity index (χ4v) is 3.54. The van der Waals surface area contributed by atoms with Gasteiger partial charge in [-0.05, 0) is 50.2 Å². The van der Waals surface area contributed by atoms with E-state index >= 15 is 0 Å². The number of nitrogens with zero attached hydrogens (tertiary/aromatic N) is 2. The van der Waals surface area contributed by atoms with Gasteiger partial charge in [-0.1, -0.05) is 0 Å². The van der Waals surface area contributed by atoms with Crippen molar-refractivity contribution in [3.8, 4) is 5.75 Å². The molecule has 1 saturated heterocycles. The highest BCUT2D eigenvalue weighted by molar-refractivity contribution is 7.13. The Bertz CT molecular complexity index is 708. The van der Waals surface area contributed by atoms with Crippen molar-refractivity contribution in [1.82, 2.24) is 9.88 Å². The van der Waals surface area contributed by atoms with Crippen LogP contribution in [0.25, 0.3) is 0 Å². The average molecular weight is 359 g/mol. The second-order valence-electron chi connectivity index (χ2n) is 6.03. The van der Waals surface area contributed by atoms with Crippen LogP contribution in [0.3, 0.4) is 0 Å². The summed E-state index contributed by atoms with van der Waals surface area (Å²) in [4.78, 5) is 30.7. The van der Waals surface area contributed by atoms with Crippen LogP contribution in [0.1, 0.15) is 23.2 Å². The zero-order valence-corrected chi connectivity index (χ0v) is 14.9. The van der Waals surface area contributed by atoms with Gasteiger partial charge < -0.3 is 10.1 Å². The van der Waals surface area contributed by atoms with E-state index in [9.17, 15) is 9.59 Å². The van der Waals surface area contributed by atoms with Crippen molar-refractivity contribution in [2.24, 2.45) is 5.92 Å². The molecule has 1 fully saturated rings. The number of aromatic nitrogens is 1. The number of anilines is 1. The molecule has 0 aliphatic carbocycles. The van der Waals surface area contributed by atoms with Crippen molar-refractivity contribution in [3.63, 3.8) is 0 Å². The third-order valence-electron chi connectivity index (χ3n) is 4.38. The lowest BCUT2D eigenvalue weighted by Gasteiger charge is -2.30. The van der Waals surface area contributed by atoms with Crippen molar-refractivity contribution in [3.05, 3.63) is 41.4 Å². The minimum Gasteiger partial charge on any atom is -0.497 e. The van der Waals surface area contributed by atoms with E-state index in [0.29, 0.717) is 11.7 Å². The Morgan fingerprint density at radius 2 is 2.00 bits per heavy atom. The first-order valence-electron chi connectivity index (χ1n) is 8.25. The molecule has 0 radical (unpaired) electrons. The Kier molecular flexibility index (Phi) is 5.78. The number of amides is 1. The van der Waals surface area contributed by atoms with Gasteiger partial charge >= 0.3 is 0 Å². The van der Waals surface area contributed by atoms with E-state index < -0.39 is 0 Å². The Hall–Kier alpha value is -2.25. The maximum atomic E-state index is 12.6. The standard InChI is InChI=1S/C18H21N3O3S/c1-24-15-4-2-13(3-5-15)17(23)14-6-9-21(10-7-14)12-16(22)20-18-19-8-11-25-18/h2-5,8,11,14H,6-7,9-10,12H2,1H3,(H,19,20,22). The highest BCUT2D eigenvalue weighted by Crippen LogP contribution is 2.23. The first kappa shape index (κ1) is 17.6. The predicted octanol–water partition coefficient (Wildman–Crippen LogP) is 2.69. The van der Waals surface area contributed by atoms with Crippen molar-refractivity contribution < 1.29 is 14.3 Å². The zero-order valence-electron chi connectivity index (χ0n) is 14.1. The van der Waals surface area contributed by atoms with E-state index in [1.807, 2.05) is 29.6 Å². The quantitative estimate of drug-likeness (QED) is 0.803. The molecule has 25 heavy (non-hydrogen) atoms. The number of carbonyl (C=O) groups is 2. The minimum absolute atomic E-state index is 0.0201. The number of methoxy groups -OCH3 is 1. The Morgan fingerprint density at radius 3 is 2.60 bits per heavy atom. The van der Waals surface area contributed by atoms with Crippen LogP contribution < -0.4 is 10.1 Å². The summed E-state index contributed by atoms with van der Waals surface area (Å²) in [6.07, 6.45) is 3.21. The molecule has 1 aromatic heterocycles. The average Bonchev–Trinajstić information content (AvgIpc) is 3.14. The SMILES string of the molecule is COc1ccc(C(=O)C2CCN(CC(=O)Nc3nccs3)CC2)cc1. The molecule has 7 heteroatoms. The van der Waals surface area contributed by atoms with Crippen LogP contribution in [0.2, 0.25) is 0 Å². The lowest BCUT2D eigenvalue weighted by Crippen LogP contribution is -2.40. The third kappa shape index (κ3) is 4.64. The molecule has 2 aromatic rings. The summed E-state index contributed by atoms with van der Waals surface area (Å²) in [5.74, 6) is 0.883. The third-order valence-corrected chi connectivity index (χ3v) is 5.07. The van der Waals surface area contributed by atoms with Gasteiger partial charge in [0.15, 0.2) is 10.9 Å². The number of hydrogen-bond acceptors (Lipinski definition) is 6. The summed E-state index contributed by atoms with van der Waals surface area (Å²) in [5.41, 5.74) is 0.723. The first-order chi connectivity index (χ1) is 12.2. The van der Waals surface area contributed by atoms with E-state index in [1.54, 1.807) is 13.3 Å². The summed E-state index contributed by atoms with van der Waals surface area (Å²) >= 11 is 1.40. The van der Waals surface area contributed by atoms with Crippen LogP contribution in [0.15, 0.2) is 35.8 Å². The van der Waals surface area contributed by atoms with Crippen molar-refractivity contribution in [2.45, 2.75) is 12.8 Å². The molecule has 0 bridgehead atoms. The molecule has 0 spiro atoms. The van der Waals surface area contributed by atoms with Crippen molar-refractivity contribution in [2.75, 3.05) is 32.1 Å². The Labute approximate surface area is 150 Å². The van der Waals surface area contributed by atoms with E-state index in [4.69, 9.17) is 4.74 Å². The monoisotopic (exact) mass is 359 g/mol. The molecular weight excluding hydrogens is 338 g/mol. The number of benzene rings is 1. The number of piperidine rings is 1. The smallest absolute Gasteiger partial charge is 0.240 e. The molecule has 0 saturated carbocycles. The summed E-state index contributed by atoms with van der Waals surface area (Å²) in [7, 11) is 1.61. The molecular formula is C18H21N3O3S. The number of carbonyl (C=O) groups excluding carboxylic acids is 2. The van der Waals surface area contributed by atoms with Gasteiger partial charge in [0.25, 0.3) is 0 Å². The maximum absolute atomic E-state index is 12.6. The molecule has 1 N–H and O–H groups in total. The topological polar surface area (TPSA) is 71.5 Å². The van der Waals surface area contributed by atoms with E-state index in [1.165, 1.54) is 11.3 Å². The molecule has 3 rings (SSSR count). The number of rotatable bonds is 6. The number of likely N-dealkylation sites (tertiary alicyclic amines) is 1. The number of nitrogens with one attached hydrogen (secondary N) is 1. The van der Waals surface area contributed by atoms with E-state index in [0.717, 1.165) is 37.2 Å². The minimum atomic E-state index is -0.0603. The van der Waals surface area contributed by atoms with Gasteiger partial charge in [0.05, 0.1) is 13.7 Å². The fourth-order valence-electron chi connectivity index (χ4n) is 2.99. The Balaban J connectivity index is 1.47. The highest BCUT2D eigenvalue weighted by atomic mass is 32.1. The lowest BCUT2D eigenvalue weighted by atomic mass is 9.89. The summed E-state index contributed by atoms with van der Waals surface area (Å²) < 4.78 is 5.12. The summed E-state index contributed by atoms with van der Waals surface area (Å²) in [6, 6.07) is 7.25.